The lowest BCUT2D eigenvalue weighted by atomic mass is 9.83. The lowest BCUT2D eigenvalue weighted by molar-refractivity contribution is -0.266. The fourth-order valence-electron chi connectivity index (χ4n) is 4.20. The van der Waals surface area contributed by atoms with E-state index in [-0.39, 0.29) is 34.8 Å². The van der Waals surface area contributed by atoms with Crippen molar-refractivity contribution in [2.75, 3.05) is 11.4 Å². The van der Waals surface area contributed by atoms with E-state index in [1.54, 1.807) is 0 Å². The number of hydrogen-bond donors (Lipinski definition) is 1. The second-order valence-electron chi connectivity index (χ2n) is 7.32. The molecule has 10 heteroatoms. The summed E-state index contributed by atoms with van der Waals surface area (Å²) in [5.41, 5.74) is -3.10. The van der Waals surface area contributed by atoms with Crippen molar-refractivity contribution in [3.63, 3.8) is 0 Å². The van der Waals surface area contributed by atoms with Gasteiger partial charge in [0.05, 0.1) is 24.0 Å². The Bertz CT molecular complexity index is 847. The SMILES string of the molecule is N#CC(C1CC1)n1ncc(N2CC3CCC(O)(C(F)(F)F)C32)c(Br)c1=O. The minimum Gasteiger partial charge on any atom is -0.379 e. The van der Waals surface area contributed by atoms with Gasteiger partial charge in [-0.05, 0) is 47.5 Å². The van der Waals surface area contributed by atoms with Crippen LogP contribution in [0.2, 0.25) is 0 Å². The summed E-state index contributed by atoms with van der Waals surface area (Å²) in [6.45, 7) is 0.330. The standard InChI is InChI=1S/C16H16BrF3N4O2/c17-12-11(6-22-24(14(12)25)10(5-21)8-1-2-8)23-7-9-3-4-15(26,13(9)23)16(18,19)20/h6,8-10,13,26H,1-4,7H2. The summed E-state index contributed by atoms with van der Waals surface area (Å²) in [5, 5.41) is 23.6. The number of rotatable bonds is 3. The fourth-order valence-corrected chi connectivity index (χ4v) is 4.71. The Hall–Kier alpha value is -1.60. The van der Waals surface area contributed by atoms with E-state index < -0.39 is 29.4 Å². The third-order valence-corrected chi connectivity index (χ3v) is 6.53. The van der Waals surface area contributed by atoms with E-state index >= 15 is 0 Å². The molecule has 0 radical (unpaired) electrons. The van der Waals surface area contributed by atoms with Crippen LogP contribution in [0.15, 0.2) is 15.5 Å². The Balaban J connectivity index is 1.68. The minimum atomic E-state index is -4.74. The van der Waals surface area contributed by atoms with E-state index in [1.807, 2.05) is 0 Å². The first-order valence-electron chi connectivity index (χ1n) is 8.41. The first kappa shape index (κ1) is 17.8. The van der Waals surface area contributed by atoms with Crippen LogP contribution in [0.25, 0.3) is 0 Å². The number of nitrogens with zero attached hydrogens (tertiary/aromatic N) is 4. The smallest absolute Gasteiger partial charge is 0.379 e. The third-order valence-electron chi connectivity index (χ3n) is 5.79. The first-order valence-corrected chi connectivity index (χ1v) is 9.21. The molecule has 6 nitrogen and oxygen atoms in total. The quantitative estimate of drug-likeness (QED) is 0.792. The van der Waals surface area contributed by atoms with Crippen molar-refractivity contribution in [1.82, 2.24) is 9.78 Å². The van der Waals surface area contributed by atoms with Gasteiger partial charge >= 0.3 is 6.18 Å². The molecular formula is C16H16BrF3N4O2. The maximum absolute atomic E-state index is 13.4. The maximum atomic E-state index is 13.4. The average molecular weight is 433 g/mol. The molecule has 0 aromatic carbocycles. The molecule has 1 N–H and O–H groups in total. The van der Waals surface area contributed by atoms with Crippen molar-refractivity contribution in [3.05, 3.63) is 21.0 Å². The van der Waals surface area contributed by atoms with Crippen LogP contribution in [0.1, 0.15) is 31.7 Å². The average Bonchev–Trinajstić information content (AvgIpc) is 3.32. The summed E-state index contributed by atoms with van der Waals surface area (Å²) in [7, 11) is 0. The molecule has 3 aliphatic rings. The predicted octanol–water partition coefficient (Wildman–Crippen LogP) is 2.37. The summed E-state index contributed by atoms with van der Waals surface area (Å²) in [5.74, 6) is -0.184. The highest BCUT2D eigenvalue weighted by Gasteiger charge is 2.68. The summed E-state index contributed by atoms with van der Waals surface area (Å²) in [6, 6.07) is 0.282. The van der Waals surface area contributed by atoms with E-state index in [4.69, 9.17) is 0 Å². The van der Waals surface area contributed by atoms with Gasteiger partial charge in [-0.2, -0.15) is 23.5 Å². The number of halogens is 4. The van der Waals surface area contributed by atoms with Crippen LogP contribution in [0.5, 0.6) is 0 Å². The van der Waals surface area contributed by atoms with Crippen LogP contribution in [0, 0.1) is 23.2 Å². The van der Waals surface area contributed by atoms with Crippen LogP contribution in [-0.4, -0.2) is 39.3 Å². The number of alkyl halides is 3. The van der Waals surface area contributed by atoms with Crippen molar-refractivity contribution in [1.29, 1.82) is 5.26 Å². The Morgan fingerprint density at radius 1 is 1.42 bits per heavy atom. The molecule has 0 amide bonds. The van der Waals surface area contributed by atoms with E-state index in [0.29, 0.717) is 6.54 Å². The molecule has 4 rings (SSSR count). The van der Waals surface area contributed by atoms with Crippen LogP contribution < -0.4 is 10.5 Å². The Morgan fingerprint density at radius 2 is 2.12 bits per heavy atom. The molecule has 4 unspecified atom stereocenters. The highest BCUT2D eigenvalue weighted by atomic mass is 79.9. The molecule has 2 saturated carbocycles. The molecule has 1 aromatic rings. The largest absolute Gasteiger partial charge is 0.419 e. The zero-order valence-corrected chi connectivity index (χ0v) is 15.2. The summed E-state index contributed by atoms with van der Waals surface area (Å²) in [4.78, 5) is 14.0. The Kier molecular flexibility index (Phi) is 3.90. The molecule has 0 spiro atoms. The van der Waals surface area contributed by atoms with E-state index in [0.717, 1.165) is 17.5 Å². The topological polar surface area (TPSA) is 82.2 Å². The minimum absolute atomic E-state index is 0.0725. The number of anilines is 1. The summed E-state index contributed by atoms with van der Waals surface area (Å²) >= 11 is 3.17. The second-order valence-corrected chi connectivity index (χ2v) is 8.12. The highest BCUT2D eigenvalue weighted by Crippen LogP contribution is 2.54. The van der Waals surface area contributed by atoms with Gasteiger partial charge in [0.15, 0.2) is 5.60 Å². The second kappa shape index (κ2) is 5.70. The zero-order chi connectivity index (χ0) is 18.9. The molecular weight excluding hydrogens is 417 g/mol. The van der Waals surface area contributed by atoms with Crippen molar-refractivity contribution < 1.29 is 18.3 Å². The van der Waals surface area contributed by atoms with Crippen LogP contribution in [0.3, 0.4) is 0 Å². The van der Waals surface area contributed by atoms with E-state index in [2.05, 4.69) is 27.1 Å². The number of fused-ring (bicyclic) bond motifs is 1. The lowest BCUT2D eigenvalue weighted by Gasteiger charge is -2.51. The van der Waals surface area contributed by atoms with Crippen LogP contribution >= 0.6 is 15.9 Å². The monoisotopic (exact) mass is 432 g/mol. The van der Waals surface area contributed by atoms with E-state index in [1.165, 1.54) is 11.1 Å². The van der Waals surface area contributed by atoms with Gasteiger partial charge in [-0.3, -0.25) is 4.79 Å². The predicted molar refractivity (Wildman–Crippen MR) is 88.4 cm³/mol. The number of hydrogen-bond acceptors (Lipinski definition) is 5. The fraction of sp³-hybridized carbons (Fsp3) is 0.688. The van der Waals surface area contributed by atoms with Gasteiger partial charge in [0, 0.05) is 12.5 Å². The van der Waals surface area contributed by atoms with Crippen molar-refractivity contribution >= 4 is 21.6 Å². The molecule has 4 atom stereocenters. The summed E-state index contributed by atoms with van der Waals surface area (Å²) in [6.07, 6.45) is -1.79. The van der Waals surface area contributed by atoms with Gasteiger partial charge in [-0.1, -0.05) is 0 Å². The molecule has 140 valence electrons. The van der Waals surface area contributed by atoms with Crippen LogP contribution in [-0.2, 0) is 0 Å². The lowest BCUT2D eigenvalue weighted by Crippen LogP contribution is -2.67. The highest BCUT2D eigenvalue weighted by molar-refractivity contribution is 9.10. The van der Waals surface area contributed by atoms with E-state index in [9.17, 15) is 28.3 Å². The molecule has 2 heterocycles. The van der Waals surface area contributed by atoms with Gasteiger partial charge in [0.2, 0.25) is 0 Å². The molecule has 3 fully saturated rings. The zero-order valence-electron chi connectivity index (χ0n) is 13.6. The van der Waals surface area contributed by atoms with Crippen LogP contribution in [0.4, 0.5) is 18.9 Å². The molecule has 1 aliphatic heterocycles. The number of aromatic nitrogens is 2. The van der Waals surface area contributed by atoms with Gasteiger partial charge in [-0.25, -0.2) is 4.68 Å². The third kappa shape index (κ3) is 2.40. The van der Waals surface area contributed by atoms with Gasteiger partial charge in [0.1, 0.15) is 10.5 Å². The van der Waals surface area contributed by atoms with Crippen molar-refractivity contribution in [2.45, 2.75) is 49.5 Å². The van der Waals surface area contributed by atoms with Gasteiger partial charge in [0.25, 0.3) is 5.56 Å². The Morgan fingerprint density at radius 3 is 2.69 bits per heavy atom. The molecule has 0 bridgehead atoms. The first-order chi connectivity index (χ1) is 12.2. The molecule has 1 aromatic heterocycles. The Labute approximate surface area is 155 Å². The van der Waals surface area contributed by atoms with Gasteiger partial charge < -0.3 is 10.0 Å². The molecule has 2 aliphatic carbocycles. The number of aliphatic hydroxyl groups is 1. The maximum Gasteiger partial charge on any atom is 0.419 e. The summed E-state index contributed by atoms with van der Waals surface area (Å²) < 4.78 is 41.3. The van der Waals surface area contributed by atoms with Crippen molar-refractivity contribution in [3.8, 4) is 6.07 Å². The van der Waals surface area contributed by atoms with Gasteiger partial charge in [-0.15, -0.1) is 0 Å². The molecule has 1 saturated heterocycles. The van der Waals surface area contributed by atoms with Crippen molar-refractivity contribution in [2.24, 2.45) is 11.8 Å². The molecule has 26 heavy (non-hydrogen) atoms. The normalized spacial score (nSPS) is 31.9. The number of nitriles is 1.